The van der Waals surface area contributed by atoms with Crippen molar-refractivity contribution in [3.8, 4) is 11.4 Å². The van der Waals surface area contributed by atoms with Crippen LogP contribution in [0.3, 0.4) is 0 Å². The maximum atomic E-state index is 5.80. The van der Waals surface area contributed by atoms with Crippen LogP contribution in [0.5, 0.6) is 0 Å². The first-order chi connectivity index (χ1) is 10.2. The third-order valence-corrected chi connectivity index (χ3v) is 4.26. The van der Waals surface area contributed by atoms with Crippen LogP contribution >= 0.6 is 0 Å². The van der Waals surface area contributed by atoms with Crippen molar-refractivity contribution >= 4 is 5.95 Å². The van der Waals surface area contributed by atoms with E-state index in [9.17, 15) is 0 Å². The number of hydrogen-bond donors (Lipinski definition) is 2. The van der Waals surface area contributed by atoms with Crippen molar-refractivity contribution in [2.24, 2.45) is 11.7 Å². The summed E-state index contributed by atoms with van der Waals surface area (Å²) in [4.78, 5) is 6.94. The van der Waals surface area contributed by atoms with Gasteiger partial charge in [-0.25, -0.2) is 0 Å². The van der Waals surface area contributed by atoms with Gasteiger partial charge in [-0.2, -0.15) is 4.98 Å². The van der Waals surface area contributed by atoms with Crippen molar-refractivity contribution in [2.75, 3.05) is 24.5 Å². The van der Waals surface area contributed by atoms with Gasteiger partial charge in [0.2, 0.25) is 5.95 Å². The number of H-pyrrole nitrogens is 1. The number of nitrogens with one attached hydrogen (secondary N) is 1. The van der Waals surface area contributed by atoms with E-state index in [1.807, 2.05) is 0 Å². The number of piperidine rings is 1. The van der Waals surface area contributed by atoms with Gasteiger partial charge in [-0.3, -0.25) is 5.10 Å². The summed E-state index contributed by atoms with van der Waals surface area (Å²) in [6, 6.07) is 6.39. The predicted molar refractivity (Wildman–Crippen MR) is 85.3 cm³/mol. The normalized spacial score (nSPS) is 19.0. The van der Waals surface area contributed by atoms with Crippen LogP contribution in [0.25, 0.3) is 11.4 Å². The summed E-state index contributed by atoms with van der Waals surface area (Å²) in [5.74, 6) is 2.20. The zero-order valence-corrected chi connectivity index (χ0v) is 12.8. The highest BCUT2D eigenvalue weighted by atomic mass is 15.4. The molecule has 5 heteroatoms. The van der Waals surface area contributed by atoms with E-state index in [4.69, 9.17) is 10.7 Å². The van der Waals surface area contributed by atoms with Crippen LogP contribution in [0, 0.1) is 19.8 Å². The molecule has 1 aromatic heterocycles. The Labute approximate surface area is 125 Å². The molecule has 112 valence electrons. The SMILES string of the molecule is Cc1ccc(C)c(-c2nc(N3CCCC(CN)C3)n[nH]2)c1. The molecule has 3 rings (SSSR count). The van der Waals surface area contributed by atoms with Crippen molar-refractivity contribution < 1.29 is 0 Å². The highest BCUT2D eigenvalue weighted by Gasteiger charge is 2.22. The standard InChI is InChI=1S/C16H23N5/c1-11-5-6-12(2)14(8-11)15-18-16(20-19-15)21-7-3-4-13(9-17)10-21/h5-6,8,13H,3-4,7,9-10,17H2,1-2H3,(H,18,19,20). The topological polar surface area (TPSA) is 70.8 Å². The maximum absolute atomic E-state index is 5.80. The van der Waals surface area contributed by atoms with Crippen LogP contribution < -0.4 is 10.6 Å². The van der Waals surface area contributed by atoms with Gasteiger partial charge in [-0.05, 0) is 50.8 Å². The largest absolute Gasteiger partial charge is 0.339 e. The lowest BCUT2D eigenvalue weighted by Gasteiger charge is -2.31. The molecule has 2 heterocycles. The quantitative estimate of drug-likeness (QED) is 0.907. The molecule has 0 amide bonds. The Balaban J connectivity index is 1.84. The van der Waals surface area contributed by atoms with E-state index < -0.39 is 0 Å². The van der Waals surface area contributed by atoms with Crippen molar-refractivity contribution in [1.82, 2.24) is 15.2 Å². The first kappa shape index (κ1) is 14.1. The number of hydrogen-bond acceptors (Lipinski definition) is 4. The summed E-state index contributed by atoms with van der Waals surface area (Å²) in [6.07, 6.45) is 2.37. The molecule has 2 aromatic rings. The molecule has 1 aromatic carbocycles. The molecule has 0 radical (unpaired) electrons. The third kappa shape index (κ3) is 2.93. The molecule has 0 aliphatic carbocycles. The number of nitrogens with two attached hydrogens (primary N) is 1. The zero-order chi connectivity index (χ0) is 14.8. The minimum absolute atomic E-state index is 0.557. The fraction of sp³-hybridized carbons (Fsp3) is 0.500. The van der Waals surface area contributed by atoms with E-state index in [0.29, 0.717) is 5.92 Å². The average molecular weight is 285 g/mol. The van der Waals surface area contributed by atoms with E-state index in [-0.39, 0.29) is 0 Å². The van der Waals surface area contributed by atoms with Gasteiger partial charge in [0, 0.05) is 18.7 Å². The Morgan fingerprint density at radius 2 is 2.24 bits per heavy atom. The van der Waals surface area contributed by atoms with E-state index in [1.165, 1.54) is 17.5 Å². The second kappa shape index (κ2) is 5.85. The van der Waals surface area contributed by atoms with Gasteiger partial charge in [0.25, 0.3) is 0 Å². The molecule has 0 saturated carbocycles. The van der Waals surface area contributed by atoms with Crippen LogP contribution in [0.15, 0.2) is 18.2 Å². The van der Waals surface area contributed by atoms with E-state index in [0.717, 1.165) is 43.4 Å². The number of aromatic amines is 1. The molecule has 1 unspecified atom stereocenters. The summed E-state index contributed by atoms with van der Waals surface area (Å²) in [7, 11) is 0. The number of benzene rings is 1. The molecule has 1 fully saturated rings. The van der Waals surface area contributed by atoms with Crippen molar-refractivity contribution in [3.63, 3.8) is 0 Å². The Morgan fingerprint density at radius 3 is 3.05 bits per heavy atom. The molecule has 21 heavy (non-hydrogen) atoms. The molecular weight excluding hydrogens is 262 g/mol. The number of nitrogens with zero attached hydrogens (tertiary/aromatic N) is 3. The second-order valence-electron chi connectivity index (χ2n) is 5.99. The van der Waals surface area contributed by atoms with Gasteiger partial charge in [-0.1, -0.05) is 17.7 Å². The highest BCUT2D eigenvalue weighted by Crippen LogP contribution is 2.25. The molecular formula is C16H23N5. The van der Waals surface area contributed by atoms with E-state index >= 15 is 0 Å². The maximum Gasteiger partial charge on any atom is 0.245 e. The second-order valence-corrected chi connectivity index (χ2v) is 5.99. The van der Waals surface area contributed by atoms with Crippen molar-refractivity contribution in [3.05, 3.63) is 29.3 Å². The molecule has 1 atom stereocenters. The fourth-order valence-corrected chi connectivity index (χ4v) is 2.94. The molecule has 0 spiro atoms. The van der Waals surface area contributed by atoms with Gasteiger partial charge in [0.15, 0.2) is 5.82 Å². The Kier molecular flexibility index (Phi) is 3.92. The molecule has 1 aliphatic rings. The van der Waals surface area contributed by atoms with Crippen LogP contribution in [0.1, 0.15) is 24.0 Å². The van der Waals surface area contributed by atoms with Gasteiger partial charge < -0.3 is 10.6 Å². The van der Waals surface area contributed by atoms with Crippen LogP contribution in [-0.2, 0) is 0 Å². The van der Waals surface area contributed by atoms with E-state index in [1.54, 1.807) is 0 Å². The number of anilines is 1. The summed E-state index contributed by atoms with van der Waals surface area (Å²) < 4.78 is 0. The Bertz CT molecular complexity index is 619. The lowest BCUT2D eigenvalue weighted by atomic mass is 9.99. The van der Waals surface area contributed by atoms with Crippen LogP contribution in [-0.4, -0.2) is 34.8 Å². The van der Waals surface area contributed by atoms with Crippen LogP contribution in [0.4, 0.5) is 5.95 Å². The lowest BCUT2D eigenvalue weighted by molar-refractivity contribution is 0.420. The zero-order valence-electron chi connectivity index (χ0n) is 12.8. The Morgan fingerprint density at radius 1 is 1.38 bits per heavy atom. The summed E-state index contributed by atoms with van der Waals surface area (Å²) >= 11 is 0. The Hall–Kier alpha value is -1.88. The highest BCUT2D eigenvalue weighted by molar-refractivity contribution is 5.62. The molecule has 5 nitrogen and oxygen atoms in total. The minimum atomic E-state index is 0.557. The smallest absolute Gasteiger partial charge is 0.245 e. The summed E-state index contributed by atoms with van der Waals surface area (Å²) in [6.45, 7) is 6.91. The number of aryl methyl sites for hydroxylation is 2. The van der Waals surface area contributed by atoms with Crippen molar-refractivity contribution in [1.29, 1.82) is 0 Å². The number of rotatable bonds is 3. The van der Waals surface area contributed by atoms with Crippen molar-refractivity contribution in [2.45, 2.75) is 26.7 Å². The molecule has 1 saturated heterocycles. The summed E-state index contributed by atoms with van der Waals surface area (Å²) in [5, 5.41) is 7.49. The monoisotopic (exact) mass is 285 g/mol. The average Bonchev–Trinajstić information content (AvgIpc) is 2.99. The van der Waals surface area contributed by atoms with Gasteiger partial charge in [0.05, 0.1) is 0 Å². The lowest BCUT2D eigenvalue weighted by Crippen LogP contribution is -2.38. The predicted octanol–water partition coefficient (Wildman–Crippen LogP) is 2.26. The molecule has 3 N–H and O–H groups in total. The van der Waals surface area contributed by atoms with Gasteiger partial charge in [0.1, 0.15) is 0 Å². The number of aromatic nitrogens is 3. The first-order valence-corrected chi connectivity index (χ1v) is 7.62. The molecule has 1 aliphatic heterocycles. The first-order valence-electron chi connectivity index (χ1n) is 7.62. The van der Waals surface area contributed by atoms with Gasteiger partial charge >= 0.3 is 0 Å². The fourth-order valence-electron chi connectivity index (χ4n) is 2.94. The van der Waals surface area contributed by atoms with Gasteiger partial charge in [-0.15, -0.1) is 5.10 Å². The third-order valence-electron chi connectivity index (χ3n) is 4.26. The minimum Gasteiger partial charge on any atom is -0.339 e. The summed E-state index contributed by atoms with van der Waals surface area (Å²) in [5.41, 5.74) is 9.37. The van der Waals surface area contributed by atoms with E-state index in [2.05, 4.69) is 47.1 Å². The molecule has 0 bridgehead atoms. The van der Waals surface area contributed by atoms with Crippen LogP contribution in [0.2, 0.25) is 0 Å².